The van der Waals surface area contributed by atoms with Gasteiger partial charge < -0.3 is 19.9 Å². The molecule has 10 heteroatoms. The Hall–Kier alpha value is -3.66. The summed E-state index contributed by atoms with van der Waals surface area (Å²) in [6, 6.07) is 12.1. The van der Waals surface area contributed by atoms with E-state index in [-0.39, 0.29) is 37.0 Å². The predicted octanol–water partition coefficient (Wildman–Crippen LogP) is 6.05. The van der Waals surface area contributed by atoms with Crippen molar-refractivity contribution in [3.05, 3.63) is 82.1 Å². The van der Waals surface area contributed by atoms with Crippen molar-refractivity contribution in [3.63, 3.8) is 0 Å². The standard InChI is InChI=1S/C33H40F3N3O4/c1-4-43-32(42)30-23(3)39(29(40)20-28(30)25-12-14-27(15-13-25)33(34,35)36)21-24-10-7-11-26(19-24)31(41)37-16-8-18-38-17-6-5-9-22(38)2/h7,10-15,19,22,28H,4-6,8-9,16-18,20-21H2,1-3H3,(H,37,41). The molecule has 232 valence electrons. The van der Waals surface area contributed by atoms with Gasteiger partial charge in [-0.1, -0.05) is 30.7 Å². The largest absolute Gasteiger partial charge is 0.463 e. The van der Waals surface area contributed by atoms with Gasteiger partial charge in [-0.2, -0.15) is 13.2 Å². The van der Waals surface area contributed by atoms with Crippen molar-refractivity contribution in [1.82, 2.24) is 15.1 Å². The molecule has 43 heavy (non-hydrogen) atoms. The van der Waals surface area contributed by atoms with Crippen LogP contribution in [0, 0.1) is 0 Å². The second-order valence-corrected chi connectivity index (χ2v) is 11.3. The number of halogens is 3. The van der Waals surface area contributed by atoms with E-state index in [0.717, 1.165) is 31.6 Å². The first-order valence-electron chi connectivity index (χ1n) is 15.0. The number of hydrogen-bond acceptors (Lipinski definition) is 5. The van der Waals surface area contributed by atoms with Crippen molar-refractivity contribution in [1.29, 1.82) is 0 Å². The van der Waals surface area contributed by atoms with Gasteiger partial charge in [0.15, 0.2) is 0 Å². The van der Waals surface area contributed by atoms with Crippen molar-refractivity contribution in [2.24, 2.45) is 0 Å². The smallest absolute Gasteiger partial charge is 0.416 e. The summed E-state index contributed by atoms with van der Waals surface area (Å²) < 4.78 is 44.6. The lowest BCUT2D eigenvalue weighted by Gasteiger charge is -2.34. The summed E-state index contributed by atoms with van der Waals surface area (Å²) in [5.74, 6) is -1.83. The molecule has 0 spiro atoms. The van der Waals surface area contributed by atoms with Crippen LogP contribution in [0.25, 0.3) is 0 Å². The molecule has 0 aromatic heterocycles. The minimum Gasteiger partial charge on any atom is -0.463 e. The van der Waals surface area contributed by atoms with Crippen molar-refractivity contribution < 1.29 is 32.3 Å². The summed E-state index contributed by atoms with van der Waals surface area (Å²) in [5.41, 5.74) is 1.41. The Morgan fingerprint density at radius 2 is 1.84 bits per heavy atom. The van der Waals surface area contributed by atoms with Gasteiger partial charge in [0.1, 0.15) is 0 Å². The summed E-state index contributed by atoms with van der Waals surface area (Å²) in [5, 5.41) is 2.99. The SMILES string of the molecule is CCOC(=O)C1=C(C)N(Cc2cccc(C(=O)NCCCN3CCCCC3C)c2)C(=O)CC1c1ccc(C(F)(F)F)cc1. The van der Waals surface area contributed by atoms with Crippen LogP contribution >= 0.6 is 0 Å². The van der Waals surface area contributed by atoms with Crippen LogP contribution in [0.3, 0.4) is 0 Å². The van der Waals surface area contributed by atoms with Gasteiger partial charge in [0.05, 0.1) is 24.3 Å². The molecule has 2 unspecified atom stereocenters. The van der Waals surface area contributed by atoms with Crippen LogP contribution in [0.2, 0.25) is 0 Å². The third kappa shape index (κ3) is 8.04. The molecule has 1 fully saturated rings. The number of hydrogen-bond donors (Lipinski definition) is 1. The van der Waals surface area contributed by atoms with Crippen LogP contribution < -0.4 is 5.32 Å². The summed E-state index contributed by atoms with van der Waals surface area (Å²) in [6.45, 7) is 8.39. The topological polar surface area (TPSA) is 79.0 Å². The highest BCUT2D eigenvalue weighted by atomic mass is 19.4. The first-order chi connectivity index (χ1) is 20.5. The molecule has 4 rings (SSSR count). The molecule has 2 aromatic carbocycles. The number of nitrogens with one attached hydrogen (secondary N) is 1. The number of rotatable bonds is 10. The van der Waals surface area contributed by atoms with Crippen molar-refractivity contribution in [2.75, 3.05) is 26.2 Å². The molecule has 0 radical (unpaired) electrons. The first-order valence-corrected chi connectivity index (χ1v) is 15.0. The Morgan fingerprint density at radius 1 is 1.09 bits per heavy atom. The molecular formula is C33H40F3N3O4. The molecule has 0 bridgehead atoms. The van der Waals surface area contributed by atoms with E-state index in [2.05, 4.69) is 17.1 Å². The fourth-order valence-corrected chi connectivity index (χ4v) is 5.94. The van der Waals surface area contributed by atoms with E-state index in [1.165, 1.54) is 36.3 Å². The van der Waals surface area contributed by atoms with Crippen LogP contribution in [0.1, 0.15) is 85.8 Å². The monoisotopic (exact) mass is 599 g/mol. The Labute approximate surface area is 251 Å². The van der Waals surface area contributed by atoms with Crippen LogP contribution in [0.4, 0.5) is 13.2 Å². The normalized spacial score (nSPS) is 19.9. The second-order valence-electron chi connectivity index (χ2n) is 11.3. The van der Waals surface area contributed by atoms with Gasteiger partial charge in [-0.25, -0.2) is 4.79 Å². The van der Waals surface area contributed by atoms with Gasteiger partial charge in [-0.3, -0.25) is 9.59 Å². The Morgan fingerprint density at radius 3 is 2.51 bits per heavy atom. The maximum absolute atomic E-state index is 13.4. The lowest BCUT2D eigenvalue weighted by molar-refractivity contribution is -0.140. The third-order valence-corrected chi connectivity index (χ3v) is 8.34. The predicted molar refractivity (Wildman–Crippen MR) is 157 cm³/mol. The Kier molecular flexibility index (Phi) is 10.7. The van der Waals surface area contributed by atoms with Crippen LogP contribution in [0.15, 0.2) is 59.8 Å². The molecule has 2 amide bonds. The molecule has 1 saturated heterocycles. The van der Waals surface area contributed by atoms with E-state index in [9.17, 15) is 27.6 Å². The second kappa shape index (κ2) is 14.2. The highest BCUT2D eigenvalue weighted by Gasteiger charge is 2.38. The van der Waals surface area contributed by atoms with E-state index < -0.39 is 23.6 Å². The van der Waals surface area contributed by atoms with E-state index >= 15 is 0 Å². The molecule has 7 nitrogen and oxygen atoms in total. The van der Waals surface area contributed by atoms with Gasteiger partial charge in [-0.15, -0.1) is 0 Å². The Balaban J connectivity index is 1.47. The van der Waals surface area contributed by atoms with Crippen molar-refractivity contribution in [2.45, 2.75) is 77.6 Å². The molecule has 1 N–H and O–H groups in total. The lowest BCUT2D eigenvalue weighted by atomic mass is 9.83. The number of piperidine rings is 1. The molecular weight excluding hydrogens is 559 g/mol. The molecule has 0 aliphatic carbocycles. The number of ether oxygens (including phenoxy) is 1. The molecule has 2 aliphatic rings. The Bertz CT molecular complexity index is 1340. The maximum Gasteiger partial charge on any atom is 0.416 e. The minimum absolute atomic E-state index is 0.105. The summed E-state index contributed by atoms with van der Waals surface area (Å²) in [7, 11) is 0. The fourth-order valence-electron chi connectivity index (χ4n) is 5.94. The van der Waals surface area contributed by atoms with E-state index in [4.69, 9.17) is 4.74 Å². The first kappa shape index (κ1) is 32.3. The molecule has 0 saturated carbocycles. The number of esters is 1. The number of amides is 2. The van der Waals surface area contributed by atoms with Gasteiger partial charge in [0.25, 0.3) is 5.91 Å². The highest BCUT2D eigenvalue weighted by molar-refractivity contribution is 5.96. The lowest BCUT2D eigenvalue weighted by Crippen LogP contribution is -2.39. The van der Waals surface area contributed by atoms with Gasteiger partial charge in [0.2, 0.25) is 5.91 Å². The van der Waals surface area contributed by atoms with E-state index in [0.29, 0.717) is 35.0 Å². The van der Waals surface area contributed by atoms with Gasteiger partial charge >= 0.3 is 12.1 Å². The summed E-state index contributed by atoms with van der Waals surface area (Å²) in [6.07, 6.45) is -0.0396. The number of carbonyl (C=O) groups is 3. The van der Waals surface area contributed by atoms with E-state index in [1.807, 2.05) is 0 Å². The zero-order valence-electron chi connectivity index (χ0n) is 25.0. The zero-order chi connectivity index (χ0) is 31.1. The highest BCUT2D eigenvalue weighted by Crippen LogP contribution is 2.39. The molecule has 2 atom stereocenters. The zero-order valence-corrected chi connectivity index (χ0v) is 25.0. The van der Waals surface area contributed by atoms with Crippen LogP contribution in [-0.4, -0.2) is 59.9 Å². The summed E-state index contributed by atoms with van der Waals surface area (Å²) in [4.78, 5) is 43.3. The average molecular weight is 600 g/mol. The number of likely N-dealkylation sites (tertiary alicyclic amines) is 1. The number of carbonyl (C=O) groups excluding carboxylic acids is 3. The van der Waals surface area contributed by atoms with Crippen molar-refractivity contribution >= 4 is 17.8 Å². The number of allylic oxidation sites excluding steroid dienone is 1. The molecule has 2 aliphatic heterocycles. The number of benzene rings is 2. The van der Waals surface area contributed by atoms with Crippen LogP contribution in [0.5, 0.6) is 0 Å². The number of nitrogens with zero attached hydrogens (tertiary/aromatic N) is 2. The third-order valence-electron chi connectivity index (χ3n) is 8.34. The fraction of sp³-hybridized carbons (Fsp3) is 0.485. The maximum atomic E-state index is 13.4. The van der Waals surface area contributed by atoms with Gasteiger partial charge in [-0.05, 0) is 82.0 Å². The molecule has 2 aromatic rings. The van der Waals surface area contributed by atoms with Crippen LogP contribution in [-0.2, 0) is 27.0 Å². The van der Waals surface area contributed by atoms with Gasteiger partial charge in [0, 0.05) is 42.7 Å². The van der Waals surface area contributed by atoms with E-state index in [1.54, 1.807) is 38.1 Å². The quantitative estimate of drug-likeness (QED) is 0.266. The minimum atomic E-state index is -4.50. The van der Waals surface area contributed by atoms with Crippen molar-refractivity contribution in [3.8, 4) is 0 Å². The number of alkyl halides is 3. The summed E-state index contributed by atoms with van der Waals surface area (Å²) >= 11 is 0. The molecule has 2 heterocycles. The average Bonchev–Trinajstić information content (AvgIpc) is 2.97.